The van der Waals surface area contributed by atoms with Crippen LogP contribution in [0, 0.1) is 11.7 Å². The highest BCUT2D eigenvalue weighted by atomic mass is 35.5. The zero-order chi connectivity index (χ0) is 20.8. The lowest BCUT2D eigenvalue weighted by atomic mass is 9.95. The van der Waals surface area contributed by atoms with Gasteiger partial charge in [0.15, 0.2) is 0 Å². The van der Waals surface area contributed by atoms with E-state index in [4.69, 9.17) is 16.3 Å². The van der Waals surface area contributed by atoms with Crippen molar-refractivity contribution in [1.82, 2.24) is 10.2 Å². The van der Waals surface area contributed by atoms with Crippen molar-refractivity contribution in [2.24, 2.45) is 5.92 Å². The summed E-state index contributed by atoms with van der Waals surface area (Å²) in [4.78, 5) is 14.7. The molecule has 4 nitrogen and oxygen atoms in total. The first kappa shape index (κ1) is 21.6. The van der Waals surface area contributed by atoms with E-state index in [0.717, 1.165) is 37.2 Å². The molecule has 1 amide bonds. The van der Waals surface area contributed by atoms with Gasteiger partial charge in [-0.25, -0.2) is 4.39 Å². The third-order valence-electron chi connectivity index (χ3n) is 5.10. The van der Waals surface area contributed by atoms with Gasteiger partial charge in [-0.1, -0.05) is 29.8 Å². The highest BCUT2D eigenvalue weighted by Gasteiger charge is 2.25. The maximum Gasteiger partial charge on any atom is 0.223 e. The van der Waals surface area contributed by atoms with Crippen LogP contribution < -0.4 is 10.1 Å². The van der Waals surface area contributed by atoms with Gasteiger partial charge in [0.25, 0.3) is 0 Å². The molecule has 0 unspecified atom stereocenters. The maximum absolute atomic E-state index is 14.0. The first-order chi connectivity index (χ1) is 13.9. The minimum Gasteiger partial charge on any atom is -0.491 e. The van der Waals surface area contributed by atoms with E-state index in [-0.39, 0.29) is 23.7 Å². The molecule has 0 aliphatic carbocycles. The van der Waals surface area contributed by atoms with E-state index in [0.29, 0.717) is 23.7 Å². The fraction of sp³-hybridized carbons (Fsp3) is 0.435. The smallest absolute Gasteiger partial charge is 0.223 e. The zero-order valence-electron chi connectivity index (χ0n) is 17.0. The second-order valence-electron chi connectivity index (χ2n) is 7.82. The number of amides is 1. The van der Waals surface area contributed by atoms with Crippen LogP contribution in [0.1, 0.15) is 37.8 Å². The van der Waals surface area contributed by atoms with Crippen molar-refractivity contribution >= 4 is 17.5 Å². The molecule has 1 saturated heterocycles. The Labute approximate surface area is 177 Å². The van der Waals surface area contributed by atoms with Crippen LogP contribution in [0.4, 0.5) is 4.39 Å². The average molecular weight is 419 g/mol. The number of likely N-dealkylation sites (tertiary alicyclic amines) is 1. The van der Waals surface area contributed by atoms with Gasteiger partial charge in [0.05, 0.1) is 6.10 Å². The largest absolute Gasteiger partial charge is 0.491 e. The molecule has 1 N–H and O–H groups in total. The Hall–Kier alpha value is -2.11. The van der Waals surface area contributed by atoms with E-state index in [1.807, 2.05) is 38.1 Å². The molecule has 2 aromatic carbocycles. The third-order valence-corrected chi connectivity index (χ3v) is 5.34. The number of nitrogens with one attached hydrogen (secondary N) is 1. The van der Waals surface area contributed by atoms with Crippen molar-refractivity contribution in [3.8, 4) is 5.75 Å². The monoisotopic (exact) mass is 418 g/mol. The molecule has 156 valence electrons. The van der Waals surface area contributed by atoms with Crippen LogP contribution in [0.25, 0.3) is 0 Å². The summed E-state index contributed by atoms with van der Waals surface area (Å²) in [6.45, 7) is 6.56. The predicted molar refractivity (Wildman–Crippen MR) is 113 cm³/mol. The summed E-state index contributed by atoms with van der Waals surface area (Å²) >= 11 is 5.81. The maximum atomic E-state index is 14.0. The highest BCUT2D eigenvalue weighted by Crippen LogP contribution is 2.22. The van der Waals surface area contributed by atoms with Gasteiger partial charge in [-0.2, -0.15) is 0 Å². The second-order valence-corrected chi connectivity index (χ2v) is 8.25. The van der Waals surface area contributed by atoms with Crippen LogP contribution in [-0.4, -0.2) is 30.0 Å². The molecule has 0 radical (unpaired) electrons. The lowest BCUT2D eigenvalue weighted by molar-refractivity contribution is -0.126. The summed E-state index contributed by atoms with van der Waals surface area (Å²) in [5.74, 6) is 0.615. The van der Waals surface area contributed by atoms with Crippen molar-refractivity contribution in [3.05, 3.63) is 64.4 Å². The number of hydrogen-bond donors (Lipinski definition) is 1. The third kappa shape index (κ3) is 6.44. The van der Waals surface area contributed by atoms with Gasteiger partial charge in [0, 0.05) is 29.6 Å². The number of carbonyl (C=O) groups is 1. The number of halogens is 2. The number of benzene rings is 2. The Morgan fingerprint density at radius 3 is 2.69 bits per heavy atom. The van der Waals surface area contributed by atoms with E-state index in [1.54, 1.807) is 12.1 Å². The molecule has 6 heteroatoms. The second kappa shape index (κ2) is 10.1. The van der Waals surface area contributed by atoms with Crippen molar-refractivity contribution in [2.75, 3.05) is 13.1 Å². The van der Waals surface area contributed by atoms with Crippen LogP contribution in [0.2, 0.25) is 5.02 Å². The minimum absolute atomic E-state index is 0.00332. The quantitative estimate of drug-likeness (QED) is 0.702. The molecular weight excluding hydrogens is 391 g/mol. The molecule has 0 aromatic heterocycles. The summed E-state index contributed by atoms with van der Waals surface area (Å²) in [5, 5.41) is 3.45. The van der Waals surface area contributed by atoms with Gasteiger partial charge < -0.3 is 10.1 Å². The molecule has 1 heterocycles. The SMILES string of the molecule is CC(C)Oc1cccc(CNC(=O)C2CCN(Cc3ccc(Cl)cc3F)CC2)c1. The van der Waals surface area contributed by atoms with E-state index in [9.17, 15) is 9.18 Å². The fourth-order valence-corrected chi connectivity index (χ4v) is 3.74. The molecule has 1 aliphatic rings. The van der Waals surface area contributed by atoms with Gasteiger partial charge in [-0.15, -0.1) is 0 Å². The lowest BCUT2D eigenvalue weighted by Crippen LogP contribution is -2.40. The molecule has 1 fully saturated rings. The Bertz CT molecular complexity index is 835. The molecule has 3 rings (SSSR count). The van der Waals surface area contributed by atoms with Crippen molar-refractivity contribution in [2.45, 2.75) is 45.9 Å². The fourth-order valence-electron chi connectivity index (χ4n) is 3.58. The van der Waals surface area contributed by atoms with Crippen LogP contribution in [0.3, 0.4) is 0 Å². The summed E-state index contributed by atoms with van der Waals surface area (Å²) in [6, 6.07) is 12.6. The predicted octanol–water partition coefficient (Wildman–Crippen LogP) is 4.79. The van der Waals surface area contributed by atoms with E-state index in [2.05, 4.69) is 10.2 Å². The van der Waals surface area contributed by atoms with Crippen LogP contribution in [-0.2, 0) is 17.9 Å². The van der Waals surface area contributed by atoms with E-state index in [1.165, 1.54) is 6.07 Å². The number of rotatable bonds is 7. The van der Waals surface area contributed by atoms with Gasteiger partial charge in [-0.3, -0.25) is 9.69 Å². The molecule has 0 atom stereocenters. The zero-order valence-corrected chi connectivity index (χ0v) is 17.7. The number of piperidine rings is 1. The summed E-state index contributed by atoms with van der Waals surface area (Å²) in [5.41, 5.74) is 1.66. The van der Waals surface area contributed by atoms with Crippen LogP contribution >= 0.6 is 11.6 Å². The standard InChI is InChI=1S/C23H28ClFN2O2/c1-16(2)29-21-5-3-4-17(12-21)14-26-23(28)18-8-10-27(11-9-18)15-19-6-7-20(24)13-22(19)25/h3-7,12-13,16,18H,8-11,14-15H2,1-2H3,(H,26,28). The minimum atomic E-state index is -0.277. The topological polar surface area (TPSA) is 41.6 Å². The highest BCUT2D eigenvalue weighted by molar-refractivity contribution is 6.30. The summed E-state index contributed by atoms with van der Waals surface area (Å²) in [6.07, 6.45) is 1.67. The first-order valence-corrected chi connectivity index (χ1v) is 10.5. The van der Waals surface area contributed by atoms with Crippen molar-refractivity contribution in [1.29, 1.82) is 0 Å². The number of nitrogens with zero attached hydrogens (tertiary/aromatic N) is 1. The van der Waals surface area contributed by atoms with E-state index < -0.39 is 0 Å². The molecule has 0 bridgehead atoms. The van der Waals surface area contributed by atoms with Gasteiger partial charge in [-0.05, 0) is 69.6 Å². The van der Waals surface area contributed by atoms with Gasteiger partial charge in [0.1, 0.15) is 11.6 Å². The Balaban J connectivity index is 1.45. The molecular formula is C23H28ClFN2O2. The van der Waals surface area contributed by atoms with Crippen LogP contribution in [0.15, 0.2) is 42.5 Å². The number of ether oxygens (including phenoxy) is 1. The van der Waals surface area contributed by atoms with Crippen molar-refractivity contribution < 1.29 is 13.9 Å². The molecule has 1 aliphatic heterocycles. The molecule has 29 heavy (non-hydrogen) atoms. The molecule has 0 spiro atoms. The number of carbonyl (C=O) groups excluding carboxylic acids is 1. The number of hydrogen-bond acceptors (Lipinski definition) is 3. The van der Waals surface area contributed by atoms with Crippen molar-refractivity contribution in [3.63, 3.8) is 0 Å². The summed E-state index contributed by atoms with van der Waals surface area (Å²) in [7, 11) is 0. The average Bonchev–Trinajstić information content (AvgIpc) is 2.68. The Morgan fingerprint density at radius 1 is 1.24 bits per heavy atom. The Kier molecular flexibility index (Phi) is 7.51. The summed E-state index contributed by atoms with van der Waals surface area (Å²) < 4.78 is 19.7. The normalized spacial score (nSPS) is 15.5. The Morgan fingerprint density at radius 2 is 2.00 bits per heavy atom. The lowest BCUT2D eigenvalue weighted by Gasteiger charge is -2.31. The molecule has 2 aromatic rings. The van der Waals surface area contributed by atoms with Crippen LogP contribution in [0.5, 0.6) is 5.75 Å². The first-order valence-electron chi connectivity index (χ1n) is 10.1. The van der Waals surface area contributed by atoms with Gasteiger partial charge in [0.2, 0.25) is 5.91 Å². The van der Waals surface area contributed by atoms with E-state index >= 15 is 0 Å². The van der Waals surface area contributed by atoms with Gasteiger partial charge >= 0.3 is 0 Å². The molecule has 0 saturated carbocycles.